The number of aliphatic hydroxyl groups excluding tert-OH is 1. The molecule has 0 aromatic carbocycles. The molecule has 13 heavy (non-hydrogen) atoms. The molecule has 4 heteroatoms. The first-order valence-electron chi connectivity index (χ1n) is 4.51. The minimum atomic E-state index is -0.171. The Morgan fingerprint density at radius 3 is 2.69 bits per heavy atom. The smallest absolute Gasteiger partial charge is 0.0730 e. The average molecular weight is 181 g/mol. The standard InChI is InChI=1S/C9H15N3O/c1-6-8(10)5-11-12(6)9(2)3-7(13)4-9/h5,7,13H,3-4,10H2,1-2H3. The molecule has 0 saturated heterocycles. The van der Waals surface area contributed by atoms with Crippen LogP contribution in [-0.2, 0) is 5.54 Å². The van der Waals surface area contributed by atoms with Gasteiger partial charge in [-0.1, -0.05) is 0 Å². The molecule has 1 saturated carbocycles. The summed E-state index contributed by atoms with van der Waals surface area (Å²) in [5, 5.41) is 13.5. The Morgan fingerprint density at radius 2 is 2.31 bits per heavy atom. The van der Waals surface area contributed by atoms with Gasteiger partial charge in [0.15, 0.2) is 0 Å². The molecule has 0 spiro atoms. The summed E-state index contributed by atoms with van der Waals surface area (Å²) in [5.41, 5.74) is 7.40. The van der Waals surface area contributed by atoms with E-state index in [1.54, 1.807) is 6.20 Å². The first-order chi connectivity index (χ1) is 6.03. The van der Waals surface area contributed by atoms with Gasteiger partial charge in [-0.05, 0) is 26.7 Å². The highest BCUT2D eigenvalue weighted by atomic mass is 16.3. The Balaban J connectivity index is 2.31. The Kier molecular flexibility index (Phi) is 1.63. The van der Waals surface area contributed by atoms with Gasteiger partial charge < -0.3 is 10.8 Å². The SMILES string of the molecule is Cc1c(N)cnn1C1(C)CC(O)C1. The zero-order valence-corrected chi connectivity index (χ0v) is 7.99. The summed E-state index contributed by atoms with van der Waals surface area (Å²) < 4.78 is 1.93. The fourth-order valence-corrected chi connectivity index (χ4v) is 2.09. The van der Waals surface area contributed by atoms with Gasteiger partial charge in [0.2, 0.25) is 0 Å². The lowest BCUT2D eigenvalue weighted by Gasteiger charge is -2.43. The molecular formula is C9H15N3O. The monoisotopic (exact) mass is 181 g/mol. The van der Waals surface area contributed by atoms with Crippen LogP contribution in [0.5, 0.6) is 0 Å². The second-order valence-electron chi connectivity index (χ2n) is 4.16. The Labute approximate surface area is 77.4 Å². The number of rotatable bonds is 1. The van der Waals surface area contributed by atoms with E-state index in [9.17, 15) is 5.11 Å². The molecule has 0 aliphatic heterocycles. The maximum absolute atomic E-state index is 9.27. The van der Waals surface area contributed by atoms with Crippen LogP contribution in [-0.4, -0.2) is 21.0 Å². The first kappa shape index (κ1) is 8.56. The topological polar surface area (TPSA) is 64.1 Å². The van der Waals surface area contributed by atoms with Crippen LogP contribution in [0.1, 0.15) is 25.5 Å². The maximum atomic E-state index is 9.27. The highest BCUT2D eigenvalue weighted by Crippen LogP contribution is 2.39. The van der Waals surface area contributed by atoms with Crippen LogP contribution in [0.25, 0.3) is 0 Å². The number of nitrogen functional groups attached to an aromatic ring is 1. The molecule has 1 aromatic rings. The molecule has 0 bridgehead atoms. The minimum absolute atomic E-state index is 0.0267. The number of nitrogens with zero attached hydrogens (tertiary/aromatic N) is 2. The summed E-state index contributed by atoms with van der Waals surface area (Å²) in [6.45, 7) is 4.05. The molecule has 0 amide bonds. The minimum Gasteiger partial charge on any atom is -0.396 e. The Hall–Kier alpha value is -1.03. The van der Waals surface area contributed by atoms with Gasteiger partial charge in [0.25, 0.3) is 0 Å². The fourth-order valence-electron chi connectivity index (χ4n) is 2.09. The number of nitrogens with two attached hydrogens (primary N) is 1. The van der Waals surface area contributed by atoms with Crippen molar-refractivity contribution in [2.24, 2.45) is 0 Å². The van der Waals surface area contributed by atoms with E-state index >= 15 is 0 Å². The molecule has 1 aliphatic rings. The van der Waals surface area contributed by atoms with E-state index in [1.165, 1.54) is 0 Å². The summed E-state index contributed by atoms with van der Waals surface area (Å²) in [7, 11) is 0. The number of hydrogen-bond acceptors (Lipinski definition) is 3. The molecule has 0 unspecified atom stereocenters. The van der Waals surface area contributed by atoms with Crippen LogP contribution < -0.4 is 5.73 Å². The highest BCUT2D eigenvalue weighted by molar-refractivity contribution is 5.40. The number of aliphatic hydroxyl groups is 1. The first-order valence-corrected chi connectivity index (χ1v) is 4.51. The molecular weight excluding hydrogens is 166 g/mol. The van der Waals surface area contributed by atoms with Gasteiger partial charge in [-0.2, -0.15) is 5.10 Å². The molecule has 3 N–H and O–H groups in total. The van der Waals surface area contributed by atoms with Gasteiger partial charge in [-0.3, -0.25) is 4.68 Å². The second-order valence-corrected chi connectivity index (χ2v) is 4.16. The third-order valence-corrected chi connectivity index (χ3v) is 2.91. The van der Waals surface area contributed by atoms with E-state index in [4.69, 9.17) is 5.73 Å². The average Bonchev–Trinajstić information content (AvgIpc) is 2.30. The quantitative estimate of drug-likeness (QED) is 0.668. The van der Waals surface area contributed by atoms with Crippen molar-refractivity contribution in [2.45, 2.75) is 38.3 Å². The molecule has 1 aliphatic carbocycles. The van der Waals surface area contributed by atoms with Crippen molar-refractivity contribution in [1.82, 2.24) is 9.78 Å². The highest BCUT2D eigenvalue weighted by Gasteiger charge is 2.42. The van der Waals surface area contributed by atoms with Crippen LogP contribution in [0.15, 0.2) is 6.20 Å². The van der Waals surface area contributed by atoms with Crippen LogP contribution in [0.3, 0.4) is 0 Å². The molecule has 4 nitrogen and oxygen atoms in total. The van der Waals surface area contributed by atoms with Gasteiger partial charge in [0, 0.05) is 0 Å². The third kappa shape index (κ3) is 1.13. The third-order valence-electron chi connectivity index (χ3n) is 2.91. The van der Waals surface area contributed by atoms with Gasteiger partial charge in [-0.25, -0.2) is 0 Å². The van der Waals surface area contributed by atoms with Crippen molar-refractivity contribution in [3.8, 4) is 0 Å². The van der Waals surface area contributed by atoms with E-state index in [-0.39, 0.29) is 11.6 Å². The van der Waals surface area contributed by atoms with E-state index in [0.717, 1.165) is 24.2 Å². The van der Waals surface area contributed by atoms with E-state index in [2.05, 4.69) is 12.0 Å². The van der Waals surface area contributed by atoms with Crippen molar-refractivity contribution < 1.29 is 5.11 Å². The summed E-state index contributed by atoms with van der Waals surface area (Å²) >= 11 is 0. The summed E-state index contributed by atoms with van der Waals surface area (Å²) in [6, 6.07) is 0. The van der Waals surface area contributed by atoms with Crippen molar-refractivity contribution in [3.05, 3.63) is 11.9 Å². The zero-order chi connectivity index (χ0) is 9.64. The summed E-state index contributed by atoms with van der Waals surface area (Å²) in [5.74, 6) is 0. The van der Waals surface area contributed by atoms with Gasteiger partial charge in [-0.15, -0.1) is 0 Å². The van der Waals surface area contributed by atoms with E-state index in [0.29, 0.717) is 0 Å². The van der Waals surface area contributed by atoms with Crippen LogP contribution >= 0.6 is 0 Å². The molecule has 0 atom stereocenters. The largest absolute Gasteiger partial charge is 0.396 e. The molecule has 1 heterocycles. The molecule has 2 rings (SSSR count). The van der Waals surface area contributed by atoms with Crippen molar-refractivity contribution in [1.29, 1.82) is 0 Å². The van der Waals surface area contributed by atoms with Crippen LogP contribution in [0.4, 0.5) is 5.69 Å². The number of hydrogen-bond donors (Lipinski definition) is 2. The van der Waals surface area contributed by atoms with Crippen molar-refractivity contribution >= 4 is 5.69 Å². The summed E-state index contributed by atoms with van der Waals surface area (Å²) in [6.07, 6.45) is 3.05. The van der Waals surface area contributed by atoms with Crippen LogP contribution in [0.2, 0.25) is 0 Å². The van der Waals surface area contributed by atoms with Gasteiger partial charge in [0.1, 0.15) is 0 Å². The number of anilines is 1. The lowest BCUT2D eigenvalue weighted by Crippen LogP contribution is -2.47. The molecule has 0 radical (unpaired) electrons. The van der Waals surface area contributed by atoms with Crippen molar-refractivity contribution in [3.63, 3.8) is 0 Å². The molecule has 1 aromatic heterocycles. The predicted molar refractivity (Wildman–Crippen MR) is 50.3 cm³/mol. The normalized spacial score (nSPS) is 33.0. The van der Waals surface area contributed by atoms with E-state index in [1.807, 2.05) is 11.6 Å². The Bertz CT molecular complexity index is 326. The second kappa shape index (κ2) is 2.48. The lowest BCUT2D eigenvalue weighted by molar-refractivity contribution is -0.0190. The molecule has 1 fully saturated rings. The van der Waals surface area contributed by atoms with E-state index < -0.39 is 0 Å². The zero-order valence-electron chi connectivity index (χ0n) is 7.99. The number of aromatic nitrogens is 2. The summed E-state index contributed by atoms with van der Waals surface area (Å²) in [4.78, 5) is 0. The fraction of sp³-hybridized carbons (Fsp3) is 0.667. The lowest BCUT2D eigenvalue weighted by atomic mass is 9.76. The maximum Gasteiger partial charge on any atom is 0.0730 e. The van der Waals surface area contributed by atoms with Crippen molar-refractivity contribution in [2.75, 3.05) is 5.73 Å². The predicted octanol–water partition coefficient (Wildman–Crippen LogP) is 0.644. The van der Waals surface area contributed by atoms with Gasteiger partial charge in [0.05, 0.1) is 29.2 Å². The Morgan fingerprint density at radius 1 is 1.69 bits per heavy atom. The van der Waals surface area contributed by atoms with Gasteiger partial charge >= 0.3 is 0 Å². The van der Waals surface area contributed by atoms with Crippen LogP contribution in [0, 0.1) is 6.92 Å². The molecule has 72 valence electrons.